The zero-order chi connectivity index (χ0) is 19.7. The summed E-state index contributed by atoms with van der Waals surface area (Å²) in [6.07, 6.45) is 2.46. The monoisotopic (exact) mass is 382 g/mol. The topological polar surface area (TPSA) is 86.9 Å². The van der Waals surface area contributed by atoms with Crippen molar-refractivity contribution in [3.05, 3.63) is 66.2 Å². The van der Waals surface area contributed by atoms with Gasteiger partial charge in [-0.3, -0.25) is 14.0 Å². The molecule has 0 saturated carbocycles. The van der Waals surface area contributed by atoms with Gasteiger partial charge in [-0.05, 0) is 23.8 Å². The molecule has 2 aromatic heterocycles. The molecule has 28 heavy (non-hydrogen) atoms. The maximum absolute atomic E-state index is 13.9. The molecule has 2 N–H and O–H groups in total. The van der Waals surface area contributed by atoms with Crippen molar-refractivity contribution < 1.29 is 19.1 Å². The Hall–Kier alpha value is -3.26. The highest BCUT2D eigenvalue weighted by Gasteiger charge is 2.39. The first-order chi connectivity index (χ1) is 13.5. The number of amides is 2. The van der Waals surface area contributed by atoms with Gasteiger partial charge < -0.3 is 15.3 Å². The number of pyridine rings is 1. The summed E-state index contributed by atoms with van der Waals surface area (Å²) in [6, 6.07) is 10.7. The summed E-state index contributed by atoms with van der Waals surface area (Å²) in [5, 5.41) is 12.8. The quantitative estimate of drug-likeness (QED) is 0.718. The van der Waals surface area contributed by atoms with Crippen LogP contribution >= 0.6 is 0 Å². The number of β-amino-alcohol motifs (C(OH)–C–C–N with tert-alkyl or cyclic N) is 1. The molecule has 2 unspecified atom stereocenters. The SMILES string of the molecule is O=C(Nc1cnc2ccccn12)C1CC(O)CN1C(=O)Cc1ccccc1F. The van der Waals surface area contributed by atoms with Crippen molar-refractivity contribution >= 4 is 23.3 Å². The van der Waals surface area contributed by atoms with Gasteiger partial charge in [-0.25, -0.2) is 9.37 Å². The van der Waals surface area contributed by atoms with Crippen molar-refractivity contribution in [2.75, 3.05) is 11.9 Å². The number of hydrogen-bond acceptors (Lipinski definition) is 4. The molecular weight excluding hydrogens is 363 g/mol. The van der Waals surface area contributed by atoms with Crippen LogP contribution in [0.4, 0.5) is 10.2 Å². The molecule has 0 spiro atoms. The van der Waals surface area contributed by atoms with Crippen molar-refractivity contribution in [3.63, 3.8) is 0 Å². The van der Waals surface area contributed by atoms with Crippen molar-refractivity contribution in [1.82, 2.24) is 14.3 Å². The Balaban J connectivity index is 1.51. The predicted octanol–water partition coefficient (Wildman–Crippen LogP) is 1.62. The fourth-order valence-corrected chi connectivity index (χ4v) is 3.48. The molecule has 4 rings (SSSR count). The van der Waals surface area contributed by atoms with E-state index in [1.165, 1.54) is 23.2 Å². The molecular formula is C20H19FN4O3. The van der Waals surface area contributed by atoms with Gasteiger partial charge in [0, 0.05) is 19.2 Å². The number of carbonyl (C=O) groups excluding carboxylic acids is 2. The number of fused-ring (bicyclic) bond motifs is 1. The minimum absolute atomic E-state index is 0.0402. The summed E-state index contributed by atoms with van der Waals surface area (Å²) in [5.74, 6) is -0.810. The van der Waals surface area contributed by atoms with E-state index in [9.17, 15) is 19.1 Å². The number of nitrogens with one attached hydrogen (secondary N) is 1. The molecule has 8 heteroatoms. The minimum Gasteiger partial charge on any atom is -0.391 e. The average Bonchev–Trinajstić information content (AvgIpc) is 3.27. The van der Waals surface area contributed by atoms with Crippen LogP contribution in [-0.2, 0) is 16.0 Å². The summed E-state index contributed by atoms with van der Waals surface area (Å²) < 4.78 is 15.6. The number of likely N-dealkylation sites (tertiary alicyclic amines) is 1. The van der Waals surface area contributed by atoms with E-state index in [2.05, 4.69) is 10.3 Å². The highest BCUT2D eigenvalue weighted by molar-refractivity contribution is 5.97. The molecule has 1 aromatic carbocycles. The molecule has 2 amide bonds. The molecule has 3 aromatic rings. The second-order valence-corrected chi connectivity index (χ2v) is 6.78. The van der Waals surface area contributed by atoms with Gasteiger partial charge in [0.25, 0.3) is 0 Å². The van der Waals surface area contributed by atoms with Crippen molar-refractivity contribution in [3.8, 4) is 0 Å². The minimum atomic E-state index is -0.830. The van der Waals surface area contributed by atoms with Gasteiger partial charge >= 0.3 is 0 Å². The molecule has 1 aliphatic heterocycles. The number of aliphatic hydroxyl groups is 1. The maximum Gasteiger partial charge on any atom is 0.248 e. The number of nitrogens with zero attached hydrogens (tertiary/aromatic N) is 3. The van der Waals surface area contributed by atoms with Crippen LogP contribution in [-0.4, -0.2) is 49.9 Å². The van der Waals surface area contributed by atoms with E-state index in [1.54, 1.807) is 28.8 Å². The zero-order valence-electron chi connectivity index (χ0n) is 15.0. The number of aliphatic hydroxyl groups excluding tert-OH is 1. The van der Waals surface area contributed by atoms with Gasteiger partial charge in [-0.1, -0.05) is 24.3 Å². The molecule has 2 atom stereocenters. The molecule has 0 radical (unpaired) electrons. The van der Waals surface area contributed by atoms with Crippen molar-refractivity contribution in [2.45, 2.75) is 25.0 Å². The largest absolute Gasteiger partial charge is 0.391 e. The molecule has 3 heterocycles. The highest BCUT2D eigenvalue weighted by Crippen LogP contribution is 2.22. The summed E-state index contributed by atoms with van der Waals surface area (Å²) >= 11 is 0. The number of benzene rings is 1. The Morgan fingerprint density at radius 3 is 2.82 bits per heavy atom. The Morgan fingerprint density at radius 1 is 1.21 bits per heavy atom. The van der Waals surface area contributed by atoms with Crippen LogP contribution in [0.1, 0.15) is 12.0 Å². The third-order valence-corrected chi connectivity index (χ3v) is 4.87. The zero-order valence-corrected chi connectivity index (χ0v) is 15.0. The Bertz CT molecular complexity index is 1030. The third kappa shape index (κ3) is 3.46. The summed E-state index contributed by atoms with van der Waals surface area (Å²) in [7, 11) is 0. The van der Waals surface area contributed by atoms with Crippen LogP contribution in [0, 0.1) is 5.82 Å². The van der Waals surface area contributed by atoms with E-state index in [4.69, 9.17) is 0 Å². The average molecular weight is 382 g/mol. The first-order valence-corrected chi connectivity index (χ1v) is 8.97. The van der Waals surface area contributed by atoms with Gasteiger partial charge in [0.2, 0.25) is 11.8 Å². The van der Waals surface area contributed by atoms with Crippen molar-refractivity contribution in [2.24, 2.45) is 0 Å². The second kappa shape index (κ2) is 7.40. The first-order valence-electron chi connectivity index (χ1n) is 8.97. The number of rotatable bonds is 4. The van der Waals surface area contributed by atoms with Crippen LogP contribution in [0.15, 0.2) is 54.9 Å². The van der Waals surface area contributed by atoms with Gasteiger partial charge in [0.1, 0.15) is 23.3 Å². The summed E-state index contributed by atoms with van der Waals surface area (Å²) in [4.78, 5) is 31.0. The van der Waals surface area contributed by atoms with Crippen LogP contribution in [0.3, 0.4) is 0 Å². The number of carbonyl (C=O) groups is 2. The Kier molecular flexibility index (Phi) is 4.79. The first kappa shape index (κ1) is 18.1. The molecule has 7 nitrogen and oxygen atoms in total. The molecule has 1 saturated heterocycles. The molecule has 0 bridgehead atoms. The van der Waals surface area contributed by atoms with Crippen molar-refractivity contribution in [1.29, 1.82) is 0 Å². The highest BCUT2D eigenvalue weighted by atomic mass is 19.1. The molecule has 1 fully saturated rings. The summed E-state index contributed by atoms with van der Waals surface area (Å²) in [6.45, 7) is 0.0402. The van der Waals surface area contributed by atoms with E-state index in [0.29, 0.717) is 11.5 Å². The third-order valence-electron chi connectivity index (χ3n) is 4.87. The van der Waals surface area contributed by atoms with E-state index >= 15 is 0 Å². The fourth-order valence-electron chi connectivity index (χ4n) is 3.48. The Labute approximate surface area is 160 Å². The lowest BCUT2D eigenvalue weighted by Crippen LogP contribution is -2.44. The van der Waals surface area contributed by atoms with E-state index in [-0.39, 0.29) is 24.9 Å². The van der Waals surface area contributed by atoms with E-state index in [1.807, 2.05) is 12.1 Å². The molecule has 1 aliphatic rings. The maximum atomic E-state index is 13.9. The van der Waals surface area contributed by atoms with Gasteiger partial charge in [-0.15, -0.1) is 0 Å². The lowest BCUT2D eigenvalue weighted by atomic mass is 10.1. The lowest BCUT2D eigenvalue weighted by Gasteiger charge is -2.23. The molecule has 0 aliphatic carbocycles. The number of imidazole rings is 1. The number of halogens is 1. The second-order valence-electron chi connectivity index (χ2n) is 6.78. The van der Waals surface area contributed by atoms with E-state index < -0.39 is 29.8 Å². The van der Waals surface area contributed by atoms with Crippen LogP contribution in [0.5, 0.6) is 0 Å². The standard InChI is InChI=1S/C20H19FN4O3/c21-15-6-2-1-5-13(15)9-19(27)25-12-14(26)10-16(25)20(28)23-18-11-22-17-7-3-4-8-24(17)18/h1-8,11,14,16,26H,9-10,12H2,(H,23,28). The van der Waals surface area contributed by atoms with Crippen LogP contribution in [0.25, 0.3) is 5.65 Å². The Morgan fingerprint density at radius 2 is 2.00 bits per heavy atom. The number of aromatic nitrogens is 2. The van der Waals surface area contributed by atoms with Crippen LogP contribution < -0.4 is 5.32 Å². The number of hydrogen-bond donors (Lipinski definition) is 2. The smallest absolute Gasteiger partial charge is 0.248 e. The van der Waals surface area contributed by atoms with E-state index in [0.717, 1.165) is 0 Å². The lowest BCUT2D eigenvalue weighted by molar-refractivity contribution is -0.136. The fraction of sp³-hybridized carbons (Fsp3) is 0.250. The summed E-state index contributed by atoms with van der Waals surface area (Å²) in [5.41, 5.74) is 0.937. The van der Waals surface area contributed by atoms with Crippen LogP contribution in [0.2, 0.25) is 0 Å². The number of anilines is 1. The molecule has 144 valence electrons. The van der Waals surface area contributed by atoms with Gasteiger partial charge in [0.05, 0.1) is 18.7 Å². The normalized spacial score (nSPS) is 19.1. The van der Waals surface area contributed by atoms with Gasteiger partial charge in [-0.2, -0.15) is 0 Å². The van der Waals surface area contributed by atoms with Gasteiger partial charge in [0.15, 0.2) is 0 Å². The predicted molar refractivity (Wildman–Crippen MR) is 100 cm³/mol.